The number of carboxylic acids is 1. The van der Waals surface area contributed by atoms with Crippen molar-refractivity contribution < 1.29 is 14.6 Å². The highest BCUT2D eigenvalue weighted by atomic mass is 16.5. The molecule has 0 radical (unpaired) electrons. The van der Waals surface area contributed by atoms with Crippen LogP contribution in [0.4, 0.5) is 0 Å². The summed E-state index contributed by atoms with van der Waals surface area (Å²) in [5.41, 5.74) is 1.44. The molecule has 86 valence electrons. The molecule has 1 aromatic carbocycles. The van der Waals surface area contributed by atoms with Crippen LogP contribution in [-0.4, -0.2) is 17.7 Å². The Morgan fingerprint density at radius 1 is 1.38 bits per heavy atom. The molecule has 0 spiro atoms. The van der Waals surface area contributed by atoms with Crippen LogP contribution in [0.2, 0.25) is 0 Å². The van der Waals surface area contributed by atoms with Gasteiger partial charge in [-0.25, -0.2) is 4.79 Å². The Balaban J connectivity index is 2.62. The van der Waals surface area contributed by atoms with E-state index in [1.54, 1.807) is 13.0 Å². The number of rotatable bonds is 5. The zero-order valence-corrected chi connectivity index (χ0v) is 9.56. The van der Waals surface area contributed by atoms with Crippen molar-refractivity contribution in [3.8, 4) is 5.75 Å². The van der Waals surface area contributed by atoms with Crippen molar-refractivity contribution in [1.82, 2.24) is 0 Å². The molecule has 0 aliphatic carbocycles. The van der Waals surface area contributed by atoms with Gasteiger partial charge in [0.05, 0.1) is 6.61 Å². The van der Waals surface area contributed by atoms with Crippen LogP contribution < -0.4 is 4.74 Å². The predicted molar refractivity (Wildman–Crippen MR) is 62.7 cm³/mol. The minimum absolute atomic E-state index is 0.369. The summed E-state index contributed by atoms with van der Waals surface area (Å²) in [6.45, 7) is 4.18. The molecular formula is C13H16O3. The van der Waals surface area contributed by atoms with Gasteiger partial charge in [-0.3, -0.25) is 0 Å². The summed E-state index contributed by atoms with van der Waals surface area (Å²) < 4.78 is 5.32. The molecule has 0 unspecified atom stereocenters. The maximum atomic E-state index is 10.6. The van der Waals surface area contributed by atoms with Crippen LogP contribution >= 0.6 is 0 Å². The maximum Gasteiger partial charge on any atom is 0.330 e. The first-order chi connectivity index (χ1) is 7.63. The van der Waals surface area contributed by atoms with E-state index >= 15 is 0 Å². The van der Waals surface area contributed by atoms with Gasteiger partial charge in [-0.15, -0.1) is 0 Å². The molecule has 16 heavy (non-hydrogen) atoms. The number of ether oxygens (including phenoxy) is 1. The van der Waals surface area contributed by atoms with Crippen LogP contribution in [0.1, 0.15) is 19.4 Å². The molecule has 0 bridgehead atoms. The van der Waals surface area contributed by atoms with E-state index in [0.29, 0.717) is 18.6 Å². The van der Waals surface area contributed by atoms with Gasteiger partial charge in [0.1, 0.15) is 5.75 Å². The van der Waals surface area contributed by atoms with E-state index in [-0.39, 0.29) is 0 Å². The third-order valence-corrected chi connectivity index (χ3v) is 2.22. The second kappa shape index (κ2) is 5.95. The second-order valence-corrected chi connectivity index (χ2v) is 3.47. The molecule has 0 aliphatic heterocycles. The molecule has 0 amide bonds. The van der Waals surface area contributed by atoms with Gasteiger partial charge in [0, 0.05) is 5.57 Å². The van der Waals surface area contributed by atoms with Gasteiger partial charge in [0.2, 0.25) is 0 Å². The molecule has 1 aromatic rings. The molecule has 0 saturated heterocycles. The Hall–Kier alpha value is -1.77. The van der Waals surface area contributed by atoms with Crippen LogP contribution in [0.5, 0.6) is 5.75 Å². The lowest BCUT2D eigenvalue weighted by atomic mass is 10.1. The summed E-state index contributed by atoms with van der Waals surface area (Å²) in [6.07, 6.45) is 2.34. The largest absolute Gasteiger partial charge is 0.494 e. The molecule has 1 rings (SSSR count). The quantitative estimate of drug-likeness (QED) is 0.776. The number of hydrogen-bond donors (Lipinski definition) is 1. The van der Waals surface area contributed by atoms with Gasteiger partial charge < -0.3 is 9.84 Å². The summed E-state index contributed by atoms with van der Waals surface area (Å²) in [7, 11) is 0. The lowest BCUT2D eigenvalue weighted by Crippen LogP contribution is -1.96. The third-order valence-electron chi connectivity index (χ3n) is 2.22. The lowest BCUT2D eigenvalue weighted by Gasteiger charge is -2.03. The SMILES string of the molecule is CCOc1ccc(CC=C(C)C(=O)O)cc1. The summed E-state index contributed by atoms with van der Waals surface area (Å²) in [4.78, 5) is 10.6. The van der Waals surface area contributed by atoms with E-state index in [1.807, 2.05) is 31.2 Å². The Labute approximate surface area is 95.4 Å². The van der Waals surface area contributed by atoms with E-state index < -0.39 is 5.97 Å². The molecule has 0 atom stereocenters. The van der Waals surface area contributed by atoms with E-state index in [2.05, 4.69) is 0 Å². The smallest absolute Gasteiger partial charge is 0.330 e. The van der Waals surface area contributed by atoms with Crippen molar-refractivity contribution in [2.75, 3.05) is 6.61 Å². The zero-order valence-electron chi connectivity index (χ0n) is 9.56. The number of aliphatic carboxylic acids is 1. The summed E-state index contributed by atoms with van der Waals surface area (Å²) in [5, 5.41) is 8.69. The predicted octanol–water partition coefficient (Wildman–Crippen LogP) is 2.66. The summed E-state index contributed by atoms with van der Waals surface area (Å²) in [6, 6.07) is 7.67. The molecule has 1 N–H and O–H groups in total. The standard InChI is InChI=1S/C13H16O3/c1-3-16-12-8-6-11(7-9-12)5-4-10(2)13(14)15/h4,6-9H,3,5H2,1-2H3,(H,14,15). The number of hydrogen-bond acceptors (Lipinski definition) is 2. The highest BCUT2D eigenvalue weighted by Crippen LogP contribution is 2.13. The number of allylic oxidation sites excluding steroid dienone is 1. The average molecular weight is 220 g/mol. The van der Waals surface area contributed by atoms with E-state index in [9.17, 15) is 4.79 Å². The van der Waals surface area contributed by atoms with Crippen LogP contribution in [-0.2, 0) is 11.2 Å². The van der Waals surface area contributed by atoms with E-state index in [0.717, 1.165) is 11.3 Å². The van der Waals surface area contributed by atoms with E-state index in [4.69, 9.17) is 9.84 Å². The Morgan fingerprint density at radius 2 is 2.00 bits per heavy atom. The summed E-state index contributed by atoms with van der Waals surface area (Å²) in [5.74, 6) is -0.0314. The minimum Gasteiger partial charge on any atom is -0.494 e. The highest BCUT2D eigenvalue weighted by Gasteiger charge is 1.99. The number of carboxylic acid groups (broad SMARTS) is 1. The van der Waals surface area contributed by atoms with Gasteiger partial charge in [0.15, 0.2) is 0 Å². The van der Waals surface area contributed by atoms with Crippen molar-refractivity contribution in [3.05, 3.63) is 41.5 Å². The fraction of sp³-hybridized carbons (Fsp3) is 0.308. The molecule has 0 heterocycles. The Kier molecular flexibility index (Phi) is 4.58. The first-order valence-corrected chi connectivity index (χ1v) is 5.25. The van der Waals surface area contributed by atoms with E-state index in [1.165, 1.54) is 0 Å². The van der Waals surface area contributed by atoms with Gasteiger partial charge in [-0.05, 0) is 38.0 Å². The van der Waals surface area contributed by atoms with Crippen LogP contribution in [0.25, 0.3) is 0 Å². The lowest BCUT2D eigenvalue weighted by molar-refractivity contribution is -0.132. The van der Waals surface area contributed by atoms with Crippen molar-refractivity contribution in [2.24, 2.45) is 0 Å². The minimum atomic E-state index is -0.870. The Morgan fingerprint density at radius 3 is 2.50 bits per heavy atom. The third kappa shape index (κ3) is 3.77. The van der Waals surface area contributed by atoms with Crippen LogP contribution in [0.3, 0.4) is 0 Å². The molecule has 0 fully saturated rings. The van der Waals surface area contributed by atoms with Crippen molar-refractivity contribution in [2.45, 2.75) is 20.3 Å². The molecular weight excluding hydrogens is 204 g/mol. The fourth-order valence-electron chi connectivity index (χ4n) is 1.25. The van der Waals surface area contributed by atoms with Crippen molar-refractivity contribution in [3.63, 3.8) is 0 Å². The van der Waals surface area contributed by atoms with Gasteiger partial charge >= 0.3 is 5.97 Å². The van der Waals surface area contributed by atoms with Gasteiger partial charge in [-0.2, -0.15) is 0 Å². The van der Waals surface area contributed by atoms with Crippen LogP contribution in [0, 0.1) is 0 Å². The van der Waals surface area contributed by atoms with Crippen molar-refractivity contribution in [1.29, 1.82) is 0 Å². The number of benzene rings is 1. The summed E-state index contributed by atoms with van der Waals surface area (Å²) >= 11 is 0. The molecule has 0 saturated carbocycles. The van der Waals surface area contributed by atoms with Gasteiger partial charge in [0.25, 0.3) is 0 Å². The second-order valence-electron chi connectivity index (χ2n) is 3.47. The molecule has 0 aliphatic rings. The van der Waals surface area contributed by atoms with Crippen molar-refractivity contribution >= 4 is 5.97 Å². The van der Waals surface area contributed by atoms with Gasteiger partial charge in [-0.1, -0.05) is 18.2 Å². The average Bonchev–Trinajstić information content (AvgIpc) is 2.28. The van der Waals surface area contributed by atoms with Crippen LogP contribution in [0.15, 0.2) is 35.9 Å². The first kappa shape index (κ1) is 12.3. The monoisotopic (exact) mass is 220 g/mol. The maximum absolute atomic E-state index is 10.6. The molecule has 3 nitrogen and oxygen atoms in total. The zero-order chi connectivity index (χ0) is 12.0. The Bertz CT molecular complexity index is 377. The first-order valence-electron chi connectivity index (χ1n) is 5.25. The topological polar surface area (TPSA) is 46.5 Å². The fourth-order valence-corrected chi connectivity index (χ4v) is 1.25. The normalized spacial score (nSPS) is 11.2. The molecule has 0 aromatic heterocycles. The number of carbonyl (C=O) groups is 1. The molecule has 3 heteroatoms. The highest BCUT2D eigenvalue weighted by molar-refractivity contribution is 5.85.